The molecule has 2 amide bonds. The molecule has 0 unspecified atom stereocenters. The van der Waals surface area contributed by atoms with Crippen LogP contribution in [0, 0.1) is 5.41 Å². The van der Waals surface area contributed by atoms with E-state index < -0.39 is 5.41 Å². The molecule has 1 rings (SSSR count). The number of aliphatic imine (C=N–C) groups is 2. The third-order valence-electron chi connectivity index (χ3n) is 4.02. The first kappa shape index (κ1) is 22.4. The molecule has 0 saturated carbocycles. The summed E-state index contributed by atoms with van der Waals surface area (Å²) in [5.41, 5.74) is 6.96. The first-order valence-corrected chi connectivity index (χ1v) is 9.17. The summed E-state index contributed by atoms with van der Waals surface area (Å²) in [6, 6.07) is 0. The van der Waals surface area contributed by atoms with Crippen LogP contribution in [0.3, 0.4) is 0 Å². The Kier molecular flexibility index (Phi) is 9.85. The Balaban J connectivity index is 2.25. The maximum absolute atomic E-state index is 12.1. The van der Waals surface area contributed by atoms with Crippen molar-refractivity contribution in [2.75, 3.05) is 19.6 Å². The average Bonchev–Trinajstić information content (AvgIpc) is 2.59. The Bertz CT molecular complexity index is 620. The summed E-state index contributed by atoms with van der Waals surface area (Å²) < 4.78 is 0. The number of hydrogen-bond donors (Lipinski definition) is 4. The summed E-state index contributed by atoms with van der Waals surface area (Å²) in [4.78, 5) is 32.2. The van der Waals surface area contributed by atoms with Gasteiger partial charge in [0.05, 0.1) is 19.2 Å². The van der Waals surface area contributed by atoms with Crippen LogP contribution in [0.25, 0.3) is 0 Å². The SMILES string of the molecule is C/C(=C\N=CN)CCNC(=O)CC(C)(C)CC(=O)NCCC1=CNC=NC1. The van der Waals surface area contributed by atoms with E-state index in [0.717, 1.165) is 17.6 Å². The van der Waals surface area contributed by atoms with Gasteiger partial charge in [-0.3, -0.25) is 14.6 Å². The van der Waals surface area contributed by atoms with Crippen LogP contribution >= 0.6 is 0 Å². The van der Waals surface area contributed by atoms with E-state index in [1.165, 1.54) is 6.34 Å². The molecule has 0 aromatic rings. The van der Waals surface area contributed by atoms with Gasteiger partial charge in [-0.1, -0.05) is 19.4 Å². The predicted octanol–water partition coefficient (Wildman–Crippen LogP) is 1.21. The van der Waals surface area contributed by atoms with Crippen molar-refractivity contribution in [1.29, 1.82) is 0 Å². The highest BCUT2D eigenvalue weighted by atomic mass is 16.2. The smallest absolute Gasteiger partial charge is 0.220 e. The van der Waals surface area contributed by atoms with E-state index in [0.29, 0.717) is 38.9 Å². The molecule has 0 saturated heterocycles. The van der Waals surface area contributed by atoms with E-state index >= 15 is 0 Å². The first-order chi connectivity index (χ1) is 12.8. The number of amides is 2. The molecular weight excluding hydrogens is 344 g/mol. The van der Waals surface area contributed by atoms with Crippen LogP contribution in [0.1, 0.15) is 46.5 Å². The summed E-state index contributed by atoms with van der Waals surface area (Å²) in [5, 5.41) is 8.74. The largest absolute Gasteiger partial charge is 0.390 e. The van der Waals surface area contributed by atoms with Crippen molar-refractivity contribution in [3.63, 3.8) is 0 Å². The number of nitrogens with two attached hydrogens (primary N) is 1. The Morgan fingerprint density at radius 3 is 2.56 bits per heavy atom. The van der Waals surface area contributed by atoms with Crippen LogP contribution < -0.4 is 21.7 Å². The molecule has 0 fully saturated rings. The second kappa shape index (κ2) is 11.9. The molecule has 150 valence electrons. The molecule has 0 bridgehead atoms. The van der Waals surface area contributed by atoms with Crippen LogP contribution in [-0.4, -0.2) is 44.1 Å². The number of rotatable bonds is 11. The van der Waals surface area contributed by atoms with Gasteiger partial charge in [0.1, 0.15) is 0 Å². The quantitative estimate of drug-likeness (QED) is 0.320. The minimum absolute atomic E-state index is 0.0425. The zero-order valence-electron chi connectivity index (χ0n) is 16.5. The number of hydrogen-bond acceptors (Lipinski definition) is 5. The molecule has 27 heavy (non-hydrogen) atoms. The van der Waals surface area contributed by atoms with Crippen molar-refractivity contribution in [2.45, 2.75) is 46.5 Å². The van der Waals surface area contributed by atoms with Crippen LogP contribution in [0.4, 0.5) is 0 Å². The summed E-state index contributed by atoms with van der Waals surface area (Å²) >= 11 is 0. The highest BCUT2D eigenvalue weighted by Crippen LogP contribution is 2.24. The highest BCUT2D eigenvalue weighted by Gasteiger charge is 2.25. The fraction of sp³-hybridized carbons (Fsp3) is 0.579. The van der Waals surface area contributed by atoms with Crippen LogP contribution in [0.2, 0.25) is 0 Å². The second-order valence-electron chi connectivity index (χ2n) is 7.43. The van der Waals surface area contributed by atoms with Gasteiger partial charge in [-0.25, -0.2) is 4.99 Å². The molecule has 1 aliphatic rings. The Labute approximate surface area is 161 Å². The highest BCUT2D eigenvalue weighted by molar-refractivity contribution is 5.80. The lowest BCUT2D eigenvalue weighted by Gasteiger charge is -2.23. The fourth-order valence-corrected chi connectivity index (χ4v) is 2.62. The first-order valence-electron chi connectivity index (χ1n) is 9.17. The fourth-order valence-electron chi connectivity index (χ4n) is 2.62. The Hall–Kier alpha value is -2.64. The van der Waals surface area contributed by atoms with Crippen molar-refractivity contribution < 1.29 is 9.59 Å². The lowest BCUT2D eigenvalue weighted by atomic mass is 9.85. The van der Waals surface area contributed by atoms with Crippen molar-refractivity contribution in [3.05, 3.63) is 23.5 Å². The predicted molar refractivity (Wildman–Crippen MR) is 109 cm³/mol. The number of carbonyl (C=O) groups is 2. The van der Waals surface area contributed by atoms with Crippen molar-refractivity contribution in [3.8, 4) is 0 Å². The van der Waals surface area contributed by atoms with E-state index in [1.807, 2.05) is 27.0 Å². The molecule has 8 nitrogen and oxygen atoms in total. The van der Waals surface area contributed by atoms with Gasteiger partial charge in [-0.2, -0.15) is 0 Å². The van der Waals surface area contributed by atoms with Crippen LogP contribution in [-0.2, 0) is 9.59 Å². The van der Waals surface area contributed by atoms with E-state index in [9.17, 15) is 9.59 Å². The molecule has 0 atom stereocenters. The van der Waals surface area contributed by atoms with Gasteiger partial charge in [0.2, 0.25) is 11.8 Å². The maximum Gasteiger partial charge on any atom is 0.220 e. The zero-order valence-corrected chi connectivity index (χ0v) is 16.5. The molecule has 8 heteroatoms. The van der Waals surface area contributed by atoms with Crippen molar-refractivity contribution >= 4 is 24.5 Å². The molecule has 5 N–H and O–H groups in total. The lowest BCUT2D eigenvalue weighted by Crippen LogP contribution is -2.34. The summed E-state index contributed by atoms with van der Waals surface area (Å²) in [5.74, 6) is -0.0988. The van der Waals surface area contributed by atoms with Gasteiger partial charge in [0.15, 0.2) is 0 Å². The van der Waals surface area contributed by atoms with E-state index in [1.54, 1.807) is 12.5 Å². The summed E-state index contributed by atoms with van der Waals surface area (Å²) in [6.07, 6.45) is 8.54. The monoisotopic (exact) mass is 376 g/mol. The Morgan fingerprint density at radius 2 is 1.96 bits per heavy atom. The zero-order chi connectivity index (χ0) is 20.1. The van der Waals surface area contributed by atoms with Crippen molar-refractivity contribution in [1.82, 2.24) is 16.0 Å². The van der Waals surface area contributed by atoms with E-state index in [2.05, 4.69) is 25.9 Å². The third-order valence-corrected chi connectivity index (χ3v) is 4.02. The summed E-state index contributed by atoms with van der Waals surface area (Å²) in [6.45, 7) is 7.56. The molecule has 0 aliphatic carbocycles. The number of nitrogens with zero attached hydrogens (tertiary/aromatic N) is 2. The van der Waals surface area contributed by atoms with Gasteiger partial charge in [0.25, 0.3) is 0 Å². The van der Waals surface area contributed by atoms with E-state index in [4.69, 9.17) is 5.73 Å². The molecule has 1 heterocycles. The molecule has 0 radical (unpaired) electrons. The molecule has 0 aromatic carbocycles. The number of carbonyl (C=O) groups excluding carboxylic acids is 2. The molecule has 0 spiro atoms. The Morgan fingerprint density at radius 1 is 1.30 bits per heavy atom. The molecule has 1 aliphatic heterocycles. The van der Waals surface area contributed by atoms with Gasteiger partial charge in [-0.15, -0.1) is 0 Å². The van der Waals surface area contributed by atoms with Gasteiger partial charge < -0.3 is 21.7 Å². The van der Waals surface area contributed by atoms with Gasteiger partial charge >= 0.3 is 0 Å². The van der Waals surface area contributed by atoms with Crippen molar-refractivity contribution in [2.24, 2.45) is 21.1 Å². The number of nitrogens with one attached hydrogen (secondary N) is 3. The van der Waals surface area contributed by atoms with Gasteiger partial charge in [0, 0.05) is 38.3 Å². The lowest BCUT2D eigenvalue weighted by molar-refractivity contribution is -0.125. The van der Waals surface area contributed by atoms with Gasteiger partial charge in [-0.05, 0) is 30.8 Å². The van der Waals surface area contributed by atoms with Crippen LogP contribution in [0.15, 0.2) is 33.5 Å². The third kappa shape index (κ3) is 10.8. The standard InChI is InChI=1S/C19H32N6O2/c1-15(10-21-13-20)4-6-24-17(26)8-19(2,3)9-18(27)25-7-5-16-11-22-14-23-12-16/h10-11,13-14H,4-9,12H2,1-3H3,(H2,20,21)(H,22,23)(H,24,26)(H,25,27)/b15-10+. The maximum atomic E-state index is 12.1. The average molecular weight is 377 g/mol. The summed E-state index contributed by atoms with van der Waals surface area (Å²) in [7, 11) is 0. The van der Waals surface area contributed by atoms with Crippen LogP contribution in [0.5, 0.6) is 0 Å². The van der Waals surface area contributed by atoms with E-state index in [-0.39, 0.29) is 11.8 Å². The molecular formula is C19H32N6O2. The minimum atomic E-state index is -0.404. The second-order valence-corrected chi connectivity index (χ2v) is 7.43. The molecule has 0 aromatic heterocycles. The minimum Gasteiger partial charge on any atom is -0.390 e. The normalized spacial score (nSPS) is 14.6. The topological polar surface area (TPSA) is 121 Å².